The number of aryl methyl sites for hydroxylation is 2. The molecular weight excluding hydrogens is 286 g/mol. The van der Waals surface area contributed by atoms with Crippen LogP contribution in [0.2, 0.25) is 5.15 Å². The quantitative estimate of drug-likeness (QED) is 0.836. The first kappa shape index (κ1) is 16.3. The highest BCUT2D eigenvalue weighted by molar-refractivity contribution is 6.30. The van der Waals surface area contributed by atoms with Crippen molar-refractivity contribution in [2.45, 2.75) is 39.3 Å². The topological polar surface area (TPSA) is 48.1 Å². The lowest BCUT2D eigenvalue weighted by atomic mass is 10.1. The van der Waals surface area contributed by atoms with E-state index in [4.69, 9.17) is 11.6 Å². The number of hydrogen-bond acceptors (Lipinski definition) is 4. The average molecular weight is 310 g/mol. The van der Waals surface area contributed by atoms with Crippen LogP contribution in [0.25, 0.3) is 0 Å². The van der Waals surface area contributed by atoms with Gasteiger partial charge >= 0.3 is 0 Å². The van der Waals surface area contributed by atoms with Crippen LogP contribution in [0.1, 0.15) is 31.0 Å². The molecule has 2 rings (SSSR count). The molecule has 0 spiro atoms. The summed E-state index contributed by atoms with van der Waals surface area (Å²) in [5.74, 6) is 0. The van der Waals surface area contributed by atoms with Gasteiger partial charge in [0.25, 0.3) is 0 Å². The zero-order valence-corrected chi connectivity index (χ0v) is 13.9. The molecule has 1 atom stereocenters. The maximum Gasteiger partial charge on any atom is 0.131 e. The normalized spacial score (nSPS) is 18.6. The number of aromatic nitrogens is 2. The van der Waals surface area contributed by atoms with Crippen LogP contribution in [0.3, 0.4) is 0 Å². The SMILES string of the molecule is CCCC(C#N)N1CCN(Cc2c(C)nn(C)c2Cl)CC1. The summed E-state index contributed by atoms with van der Waals surface area (Å²) in [6.07, 6.45) is 2.02. The van der Waals surface area contributed by atoms with Crippen LogP contribution in [-0.4, -0.2) is 51.8 Å². The van der Waals surface area contributed by atoms with Gasteiger partial charge in [0.1, 0.15) is 5.15 Å². The van der Waals surface area contributed by atoms with Gasteiger partial charge in [-0.3, -0.25) is 14.5 Å². The molecule has 0 saturated carbocycles. The second-order valence-corrected chi connectivity index (χ2v) is 6.08. The van der Waals surface area contributed by atoms with Gasteiger partial charge in [-0.2, -0.15) is 10.4 Å². The molecule has 1 saturated heterocycles. The van der Waals surface area contributed by atoms with E-state index >= 15 is 0 Å². The molecule has 0 bridgehead atoms. The molecule has 21 heavy (non-hydrogen) atoms. The molecule has 1 aromatic rings. The van der Waals surface area contributed by atoms with Crippen LogP contribution in [0, 0.1) is 18.3 Å². The van der Waals surface area contributed by atoms with E-state index in [0.29, 0.717) is 0 Å². The number of nitrogens with zero attached hydrogens (tertiary/aromatic N) is 5. The van der Waals surface area contributed by atoms with Gasteiger partial charge in [-0.25, -0.2) is 0 Å². The Hall–Kier alpha value is -1.09. The smallest absolute Gasteiger partial charge is 0.131 e. The second kappa shape index (κ2) is 7.26. The van der Waals surface area contributed by atoms with Crippen molar-refractivity contribution in [3.05, 3.63) is 16.4 Å². The molecule has 2 heterocycles. The number of rotatable bonds is 5. The van der Waals surface area contributed by atoms with E-state index in [9.17, 15) is 5.26 Å². The fourth-order valence-corrected chi connectivity index (χ4v) is 3.15. The number of piperazine rings is 1. The predicted octanol–water partition coefficient (Wildman–Crippen LogP) is 2.19. The average Bonchev–Trinajstić information content (AvgIpc) is 2.72. The Kier molecular flexibility index (Phi) is 5.63. The first-order valence-electron chi connectivity index (χ1n) is 7.60. The minimum absolute atomic E-state index is 0.0702. The lowest BCUT2D eigenvalue weighted by Crippen LogP contribution is -2.49. The third-order valence-electron chi connectivity index (χ3n) is 4.21. The molecule has 1 fully saturated rings. The molecule has 1 aromatic heterocycles. The monoisotopic (exact) mass is 309 g/mol. The van der Waals surface area contributed by atoms with E-state index < -0.39 is 0 Å². The van der Waals surface area contributed by atoms with Crippen molar-refractivity contribution in [1.29, 1.82) is 5.26 Å². The van der Waals surface area contributed by atoms with Gasteiger partial charge in [-0.05, 0) is 13.3 Å². The van der Waals surface area contributed by atoms with E-state index in [1.54, 1.807) is 4.68 Å². The zero-order chi connectivity index (χ0) is 15.4. The molecule has 1 aliphatic rings. The van der Waals surface area contributed by atoms with E-state index in [1.165, 1.54) is 0 Å². The van der Waals surface area contributed by atoms with Crippen molar-refractivity contribution in [2.24, 2.45) is 7.05 Å². The van der Waals surface area contributed by atoms with E-state index in [2.05, 4.69) is 27.9 Å². The summed E-state index contributed by atoms with van der Waals surface area (Å²) >= 11 is 6.30. The minimum Gasteiger partial charge on any atom is -0.296 e. The second-order valence-electron chi connectivity index (χ2n) is 5.72. The maximum atomic E-state index is 9.25. The summed E-state index contributed by atoms with van der Waals surface area (Å²) in [5, 5.41) is 14.3. The molecule has 5 nitrogen and oxygen atoms in total. The first-order chi connectivity index (χ1) is 10.1. The van der Waals surface area contributed by atoms with E-state index in [1.807, 2.05) is 14.0 Å². The third kappa shape index (κ3) is 3.76. The van der Waals surface area contributed by atoms with Crippen LogP contribution in [0.15, 0.2) is 0 Å². The Morgan fingerprint density at radius 2 is 2.00 bits per heavy atom. The van der Waals surface area contributed by atoms with Crippen molar-refractivity contribution >= 4 is 11.6 Å². The molecule has 1 unspecified atom stereocenters. The van der Waals surface area contributed by atoms with Crippen molar-refractivity contribution in [2.75, 3.05) is 26.2 Å². The Balaban J connectivity index is 1.91. The van der Waals surface area contributed by atoms with Crippen molar-refractivity contribution in [3.8, 4) is 6.07 Å². The molecule has 0 radical (unpaired) electrons. The Morgan fingerprint density at radius 3 is 2.48 bits per heavy atom. The molecule has 0 aromatic carbocycles. The minimum atomic E-state index is 0.0702. The Bertz CT molecular complexity index is 511. The van der Waals surface area contributed by atoms with Gasteiger partial charge in [0.05, 0.1) is 17.8 Å². The van der Waals surface area contributed by atoms with Gasteiger partial charge in [-0.1, -0.05) is 24.9 Å². The van der Waals surface area contributed by atoms with Gasteiger partial charge in [0.2, 0.25) is 0 Å². The summed E-state index contributed by atoms with van der Waals surface area (Å²) in [7, 11) is 1.87. The van der Waals surface area contributed by atoms with E-state index in [0.717, 1.165) is 62.0 Å². The van der Waals surface area contributed by atoms with E-state index in [-0.39, 0.29) is 6.04 Å². The van der Waals surface area contributed by atoms with Gasteiger partial charge in [-0.15, -0.1) is 0 Å². The highest BCUT2D eigenvalue weighted by Gasteiger charge is 2.24. The van der Waals surface area contributed by atoms with Crippen LogP contribution >= 0.6 is 11.6 Å². The number of nitriles is 1. The van der Waals surface area contributed by atoms with Crippen molar-refractivity contribution in [1.82, 2.24) is 19.6 Å². The summed E-state index contributed by atoms with van der Waals surface area (Å²) in [5.41, 5.74) is 2.13. The van der Waals surface area contributed by atoms with Crippen LogP contribution in [-0.2, 0) is 13.6 Å². The first-order valence-corrected chi connectivity index (χ1v) is 7.98. The summed E-state index contributed by atoms with van der Waals surface area (Å²) < 4.78 is 1.73. The standard InChI is InChI=1S/C15H24ClN5/c1-4-5-13(10-17)21-8-6-20(7-9-21)11-14-12(2)18-19(3)15(14)16/h13H,4-9,11H2,1-3H3. The number of hydrogen-bond donors (Lipinski definition) is 0. The van der Waals surface area contributed by atoms with Gasteiger partial charge in [0, 0.05) is 45.3 Å². The van der Waals surface area contributed by atoms with Crippen LogP contribution in [0.5, 0.6) is 0 Å². The molecular formula is C15H24ClN5. The van der Waals surface area contributed by atoms with Gasteiger partial charge in [0.15, 0.2) is 0 Å². The molecule has 1 aliphatic heterocycles. The lowest BCUT2D eigenvalue weighted by Gasteiger charge is -2.36. The number of halogens is 1. The largest absolute Gasteiger partial charge is 0.296 e. The summed E-state index contributed by atoms with van der Waals surface area (Å²) in [4.78, 5) is 4.70. The molecule has 0 N–H and O–H groups in total. The van der Waals surface area contributed by atoms with Crippen LogP contribution in [0.4, 0.5) is 0 Å². The molecule has 0 aliphatic carbocycles. The Morgan fingerprint density at radius 1 is 1.33 bits per heavy atom. The molecule has 6 heteroatoms. The highest BCUT2D eigenvalue weighted by Crippen LogP contribution is 2.21. The third-order valence-corrected chi connectivity index (χ3v) is 4.68. The fraction of sp³-hybridized carbons (Fsp3) is 0.733. The summed E-state index contributed by atoms with van der Waals surface area (Å²) in [6.45, 7) is 8.85. The van der Waals surface area contributed by atoms with Crippen molar-refractivity contribution < 1.29 is 0 Å². The van der Waals surface area contributed by atoms with Gasteiger partial charge < -0.3 is 0 Å². The Labute approximate surface area is 132 Å². The fourth-order valence-electron chi connectivity index (χ4n) is 2.91. The van der Waals surface area contributed by atoms with Crippen LogP contribution < -0.4 is 0 Å². The van der Waals surface area contributed by atoms with Crippen molar-refractivity contribution in [3.63, 3.8) is 0 Å². The molecule has 0 amide bonds. The predicted molar refractivity (Wildman–Crippen MR) is 84.1 cm³/mol. The lowest BCUT2D eigenvalue weighted by molar-refractivity contribution is 0.106. The maximum absolute atomic E-state index is 9.25. The molecule has 116 valence electrons. The summed E-state index contributed by atoms with van der Waals surface area (Å²) in [6, 6.07) is 2.50. The zero-order valence-electron chi connectivity index (χ0n) is 13.1. The highest BCUT2D eigenvalue weighted by atomic mass is 35.5.